The van der Waals surface area contributed by atoms with Crippen molar-refractivity contribution in [3.8, 4) is 0 Å². The number of halogens is 1. The Morgan fingerprint density at radius 3 is 2.41 bits per heavy atom. The Labute approximate surface area is 171 Å². The standard InChI is InChI=1S/C19H20IN3O4/c1-12-9-15(10-13(2)18(12)20)21-19(24)14-3-4-16(17(11-14)23(25)26)22-5-7-27-8-6-22/h3-4,9-11H,5-8H2,1-2H3,(H,21,24). The molecule has 1 saturated heterocycles. The SMILES string of the molecule is Cc1cc(NC(=O)c2ccc(N3CCOCC3)c([N+](=O)[O-])c2)cc(C)c1I. The zero-order chi connectivity index (χ0) is 19.6. The van der Waals surface area contributed by atoms with Crippen LogP contribution in [0.25, 0.3) is 0 Å². The maximum absolute atomic E-state index is 12.6. The second kappa shape index (κ2) is 8.22. The number of aryl methyl sites for hydroxylation is 2. The van der Waals surface area contributed by atoms with Gasteiger partial charge in [-0.3, -0.25) is 14.9 Å². The van der Waals surface area contributed by atoms with Crippen molar-refractivity contribution < 1.29 is 14.5 Å². The van der Waals surface area contributed by atoms with Crippen molar-refractivity contribution in [1.82, 2.24) is 0 Å². The summed E-state index contributed by atoms with van der Waals surface area (Å²) in [6.07, 6.45) is 0. The molecule has 2 aromatic carbocycles. The molecular formula is C19H20IN3O4. The molecule has 0 unspecified atom stereocenters. The lowest BCUT2D eigenvalue weighted by molar-refractivity contribution is -0.384. The summed E-state index contributed by atoms with van der Waals surface area (Å²) >= 11 is 2.27. The van der Waals surface area contributed by atoms with Crippen LogP contribution in [0, 0.1) is 27.5 Å². The molecule has 7 nitrogen and oxygen atoms in total. The van der Waals surface area contributed by atoms with Crippen molar-refractivity contribution in [2.45, 2.75) is 13.8 Å². The van der Waals surface area contributed by atoms with Gasteiger partial charge in [-0.1, -0.05) is 0 Å². The van der Waals surface area contributed by atoms with Gasteiger partial charge in [-0.2, -0.15) is 0 Å². The molecule has 1 fully saturated rings. The van der Waals surface area contributed by atoms with Gasteiger partial charge in [0.1, 0.15) is 5.69 Å². The highest BCUT2D eigenvalue weighted by atomic mass is 127. The summed E-state index contributed by atoms with van der Waals surface area (Å²) in [5.41, 5.74) is 3.52. The normalized spacial score (nSPS) is 14.1. The largest absolute Gasteiger partial charge is 0.378 e. The number of hydrogen-bond acceptors (Lipinski definition) is 5. The fourth-order valence-electron chi connectivity index (χ4n) is 3.10. The van der Waals surface area contributed by atoms with E-state index in [4.69, 9.17) is 4.74 Å². The smallest absolute Gasteiger partial charge is 0.293 e. The minimum absolute atomic E-state index is 0.0699. The van der Waals surface area contributed by atoms with Crippen LogP contribution in [-0.2, 0) is 4.74 Å². The van der Waals surface area contributed by atoms with Crippen molar-refractivity contribution in [3.05, 3.63) is 60.7 Å². The van der Waals surface area contributed by atoms with Crippen molar-refractivity contribution in [2.24, 2.45) is 0 Å². The molecule has 0 atom stereocenters. The van der Waals surface area contributed by atoms with E-state index in [1.54, 1.807) is 12.1 Å². The van der Waals surface area contributed by atoms with E-state index in [9.17, 15) is 14.9 Å². The van der Waals surface area contributed by atoms with Gasteiger partial charge in [0.2, 0.25) is 0 Å². The Morgan fingerprint density at radius 2 is 1.81 bits per heavy atom. The second-order valence-electron chi connectivity index (χ2n) is 6.44. The number of morpholine rings is 1. The van der Waals surface area contributed by atoms with E-state index in [0.29, 0.717) is 37.7 Å². The van der Waals surface area contributed by atoms with Crippen molar-refractivity contribution in [2.75, 3.05) is 36.5 Å². The molecule has 0 spiro atoms. The quantitative estimate of drug-likeness (QED) is 0.407. The first-order chi connectivity index (χ1) is 12.9. The van der Waals surface area contributed by atoms with Crippen molar-refractivity contribution in [3.63, 3.8) is 0 Å². The van der Waals surface area contributed by atoms with Crippen LogP contribution in [0.4, 0.5) is 17.1 Å². The van der Waals surface area contributed by atoms with Crippen LogP contribution in [0.15, 0.2) is 30.3 Å². The number of ether oxygens (including phenoxy) is 1. The van der Waals surface area contributed by atoms with E-state index in [2.05, 4.69) is 27.9 Å². The molecule has 0 bridgehead atoms. The molecule has 8 heteroatoms. The van der Waals surface area contributed by atoms with Crippen LogP contribution in [0.5, 0.6) is 0 Å². The number of amides is 1. The Morgan fingerprint density at radius 1 is 1.19 bits per heavy atom. The fourth-order valence-corrected chi connectivity index (χ4v) is 3.42. The number of nitro benzene ring substituents is 1. The summed E-state index contributed by atoms with van der Waals surface area (Å²) in [4.78, 5) is 25.6. The van der Waals surface area contributed by atoms with Gasteiger partial charge < -0.3 is 15.0 Å². The number of benzene rings is 2. The van der Waals surface area contributed by atoms with E-state index in [-0.39, 0.29) is 17.2 Å². The number of carbonyl (C=O) groups is 1. The fraction of sp³-hybridized carbons (Fsp3) is 0.316. The average Bonchev–Trinajstić information content (AvgIpc) is 2.66. The van der Waals surface area contributed by atoms with E-state index in [1.165, 1.54) is 6.07 Å². The molecule has 0 aromatic heterocycles. The highest BCUT2D eigenvalue weighted by molar-refractivity contribution is 14.1. The van der Waals surface area contributed by atoms with Crippen molar-refractivity contribution in [1.29, 1.82) is 0 Å². The topological polar surface area (TPSA) is 84.7 Å². The lowest BCUT2D eigenvalue weighted by Gasteiger charge is -2.28. The Bertz CT molecular complexity index is 872. The molecule has 1 aliphatic heterocycles. The van der Waals surface area contributed by atoms with Crippen molar-refractivity contribution >= 4 is 45.6 Å². The third-order valence-electron chi connectivity index (χ3n) is 4.48. The molecule has 3 rings (SSSR count). The molecule has 1 aliphatic rings. The number of anilines is 2. The monoisotopic (exact) mass is 481 g/mol. The van der Waals surface area contributed by atoms with Gasteiger partial charge in [0.05, 0.1) is 18.1 Å². The van der Waals surface area contributed by atoms with Gasteiger partial charge in [-0.05, 0) is 71.8 Å². The molecule has 0 aliphatic carbocycles. The summed E-state index contributed by atoms with van der Waals surface area (Å²) in [5.74, 6) is -0.369. The Hall–Kier alpha value is -2.20. The third-order valence-corrected chi connectivity index (χ3v) is 6.18. The molecule has 2 aromatic rings. The molecule has 1 amide bonds. The van der Waals surface area contributed by atoms with Crippen LogP contribution in [0.2, 0.25) is 0 Å². The number of rotatable bonds is 4. The van der Waals surface area contributed by atoms with Crippen LogP contribution >= 0.6 is 22.6 Å². The first-order valence-corrected chi connectivity index (χ1v) is 9.64. The molecule has 1 heterocycles. The highest BCUT2D eigenvalue weighted by Gasteiger charge is 2.23. The zero-order valence-corrected chi connectivity index (χ0v) is 17.3. The van der Waals surface area contributed by atoms with Gasteiger partial charge in [0, 0.05) is 34.0 Å². The first kappa shape index (κ1) is 19.6. The lowest BCUT2D eigenvalue weighted by atomic mass is 10.1. The lowest BCUT2D eigenvalue weighted by Crippen LogP contribution is -2.36. The Kier molecular flexibility index (Phi) is 5.95. The number of nitro groups is 1. The van der Waals surface area contributed by atoms with Crippen LogP contribution in [0.3, 0.4) is 0 Å². The average molecular weight is 481 g/mol. The van der Waals surface area contributed by atoms with E-state index in [1.807, 2.05) is 30.9 Å². The molecule has 142 valence electrons. The van der Waals surface area contributed by atoms with Gasteiger partial charge in [-0.15, -0.1) is 0 Å². The molecule has 27 heavy (non-hydrogen) atoms. The highest BCUT2D eigenvalue weighted by Crippen LogP contribution is 2.30. The van der Waals surface area contributed by atoms with E-state index < -0.39 is 4.92 Å². The minimum atomic E-state index is -0.444. The summed E-state index contributed by atoms with van der Waals surface area (Å²) in [6.45, 7) is 6.20. The van der Waals surface area contributed by atoms with Gasteiger partial charge >= 0.3 is 0 Å². The summed E-state index contributed by atoms with van der Waals surface area (Å²) < 4.78 is 6.45. The maximum atomic E-state index is 12.6. The Balaban J connectivity index is 1.87. The van der Waals surface area contributed by atoms with Crippen LogP contribution < -0.4 is 10.2 Å². The molecule has 0 saturated carbocycles. The van der Waals surface area contributed by atoms with Crippen LogP contribution in [-0.4, -0.2) is 37.1 Å². The van der Waals surface area contributed by atoms with Crippen LogP contribution in [0.1, 0.15) is 21.5 Å². The molecule has 0 radical (unpaired) electrons. The summed E-state index contributed by atoms with van der Waals surface area (Å²) in [5, 5.41) is 14.4. The number of carbonyl (C=O) groups excluding carboxylic acids is 1. The second-order valence-corrected chi connectivity index (χ2v) is 7.52. The number of hydrogen-bond donors (Lipinski definition) is 1. The number of nitrogens with zero attached hydrogens (tertiary/aromatic N) is 2. The minimum Gasteiger partial charge on any atom is -0.378 e. The zero-order valence-electron chi connectivity index (χ0n) is 15.1. The maximum Gasteiger partial charge on any atom is 0.293 e. The first-order valence-electron chi connectivity index (χ1n) is 8.56. The predicted molar refractivity (Wildman–Crippen MR) is 113 cm³/mol. The number of nitrogens with one attached hydrogen (secondary N) is 1. The molecule has 1 N–H and O–H groups in total. The van der Waals surface area contributed by atoms with Gasteiger partial charge in [0.25, 0.3) is 11.6 Å². The van der Waals surface area contributed by atoms with Gasteiger partial charge in [-0.25, -0.2) is 0 Å². The third kappa shape index (κ3) is 4.38. The summed E-state index contributed by atoms with van der Waals surface area (Å²) in [7, 11) is 0. The predicted octanol–water partition coefficient (Wildman–Crippen LogP) is 3.91. The summed E-state index contributed by atoms with van der Waals surface area (Å²) in [6, 6.07) is 8.39. The van der Waals surface area contributed by atoms with E-state index >= 15 is 0 Å². The molecular weight excluding hydrogens is 461 g/mol. The van der Waals surface area contributed by atoms with E-state index in [0.717, 1.165) is 14.7 Å². The van der Waals surface area contributed by atoms with Gasteiger partial charge in [0.15, 0.2) is 0 Å².